The fraction of sp³-hybridized carbons (Fsp3) is 0.267. The number of rotatable bonds is 7. The molecule has 2 N–H and O–H groups in total. The normalized spacial score (nSPS) is 10.6. The number of carbonyl (C=O) groups excluding carboxylic acids is 1. The van der Waals surface area contributed by atoms with Crippen LogP contribution in [0.3, 0.4) is 0 Å². The van der Waals surface area contributed by atoms with E-state index in [0.717, 1.165) is 5.69 Å². The van der Waals surface area contributed by atoms with Gasteiger partial charge in [-0.3, -0.25) is 4.79 Å². The first-order valence-corrected chi connectivity index (χ1v) is 7.74. The first-order chi connectivity index (χ1) is 11.4. The van der Waals surface area contributed by atoms with Crippen LogP contribution in [-0.2, 0) is 9.53 Å². The van der Waals surface area contributed by atoms with Crippen LogP contribution >= 0.6 is 23.2 Å². The minimum absolute atomic E-state index is 0.0980. The van der Waals surface area contributed by atoms with E-state index in [0.29, 0.717) is 15.7 Å². The van der Waals surface area contributed by atoms with E-state index in [2.05, 4.69) is 10.4 Å². The summed E-state index contributed by atoms with van der Waals surface area (Å²) in [7, 11) is 0. The highest BCUT2D eigenvalue weighted by molar-refractivity contribution is 6.35. The van der Waals surface area contributed by atoms with Crippen LogP contribution < -0.4 is 5.32 Å². The standard InChI is InChI=1S/C15H15Cl2N3O4/c1-9-6-12(15(23)18-4-5-24-8-14(21)22)19-20(9)13-3-2-10(16)7-11(13)17/h2-3,6-7H,4-5,8H2,1H3,(H,18,23)(H,21,22). The maximum Gasteiger partial charge on any atom is 0.329 e. The van der Waals surface area contributed by atoms with E-state index in [9.17, 15) is 9.59 Å². The van der Waals surface area contributed by atoms with Gasteiger partial charge in [0.25, 0.3) is 5.91 Å². The highest BCUT2D eigenvalue weighted by Gasteiger charge is 2.14. The van der Waals surface area contributed by atoms with Gasteiger partial charge in [0.1, 0.15) is 6.61 Å². The summed E-state index contributed by atoms with van der Waals surface area (Å²) < 4.78 is 6.39. The zero-order valence-electron chi connectivity index (χ0n) is 12.8. The fourth-order valence-corrected chi connectivity index (χ4v) is 2.46. The zero-order chi connectivity index (χ0) is 17.7. The largest absolute Gasteiger partial charge is 0.480 e. The van der Waals surface area contributed by atoms with E-state index < -0.39 is 12.6 Å². The number of ether oxygens (including phenoxy) is 1. The van der Waals surface area contributed by atoms with Crippen molar-refractivity contribution in [3.05, 3.63) is 45.7 Å². The molecule has 0 aliphatic carbocycles. The Labute approximate surface area is 148 Å². The summed E-state index contributed by atoms with van der Waals surface area (Å²) in [6.07, 6.45) is 0. The number of aryl methyl sites for hydroxylation is 1. The Morgan fingerprint density at radius 3 is 2.75 bits per heavy atom. The van der Waals surface area contributed by atoms with E-state index in [1.807, 2.05) is 0 Å². The summed E-state index contributed by atoms with van der Waals surface area (Å²) >= 11 is 12.0. The predicted molar refractivity (Wildman–Crippen MR) is 89.1 cm³/mol. The number of carboxylic acid groups (broad SMARTS) is 1. The molecule has 0 saturated heterocycles. The van der Waals surface area contributed by atoms with Gasteiger partial charge in [-0.15, -0.1) is 0 Å². The van der Waals surface area contributed by atoms with Crippen LogP contribution in [0.2, 0.25) is 10.0 Å². The minimum Gasteiger partial charge on any atom is -0.480 e. The van der Waals surface area contributed by atoms with Crippen LogP contribution in [0.4, 0.5) is 0 Å². The van der Waals surface area contributed by atoms with Crippen LogP contribution in [0, 0.1) is 6.92 Å². The van der Waals surface area contributed by atoms with Gasteiger partial charge in [-0.2, -0.15) is 5.10 Å². The summed E-state index contributed by atoms with van der Waals surface area (Å²) in [6, 6.07) is 6.62. The number of benzene rings is 1. The smallest absolute Gasteiger partial charge is 0.329 e. The summed E-state index contributed by atoms with van der Waals surface area (Å²) in [5.41, 5.74) is 1.56. The molecule has 0 fully saturated rings. The lowest BCUT2D eigenvalue weighted by Gasteiger charge is -2.07. The molecular formula is C15H15Cl2N3O4. The van der Waals surface area contributed by atoms with Gasteiger partial charge in [0.2, 0.25) is 0 Å². The molecule has 0 aliphatic rings. The lowest BCUT2D eigenvalue weighted by molar-refractivity contribution is -0.142. The van der Waals surface area contributed by atoms with Crippen molar-refractivity contribution in [2.45, 2.75) is 6.92 Å². The summed E-state index contributed by atoms with van der Waals surface area (Å²) in [5.74, 6) is -1.45. The van der Waals surface area contributed by atoms with Gasteiger partial charge in [-0.1, -0.05) is 23.2 Å². The quantitative estimate of drug-likeness (QED) is 0.728. The van der Waals surface area contributed by atoms with E-state index in [1.54, 1.807) is 35.9 Å². The number of aromatic nitrogens is 2. The van der Waals surface area contributed by atoms with Crippen LogP contribution in [0.5, 0.6) is 0 Å². The van der Waals surface area contributed by atoms with Crippen LogP contribution in [0.15, 0.2) is 24.3 Å². The minimum atomic E-state index is -1.06. The lowest BCUT2D eigenvalue weighted by Crippen LogP contribution is -2.28. The van der Waals surface area contributed by atoms with E-state index >= 15 is 0 Å². The molecule has 0 spiro atoms. The highest BCUT2D eigenvalue weighted by atomic mass is 35.5. The summed E-state index contributed by atoms with van der Waals surface area (Å²) in [4.78, 5) is 22.4. The van der Waals surface area contributed by atoms with E-state index in [1.165, 1.54) is 0 Å². The van der Waals surface area contributed by atoms with Gasteiger partial charge < -0.3 is 15.2 Å². The zero-order valence-corrected chi connectivity index (χ0v) is 14.3. The van der Waals surface area contributed by atoms with Crippen molar-refractivity contribution < 1.29 is 19.4 Å². The Hall–Kier alpha value is -2.09. The first-order valence-electron chi connectivity index (χ1n) is 6.98. The SMILES string of the molecule is Cc1cc(C(=O)NCCOCC(=O)O)nn1-c1ccc(Cl)cc1Cl. The number of carbonyl (C=O) groups is 2. The summed E-state index contributed by atoms with van der Waals surface area (Å²) in [6.45, 7) is 1.67. The number of hydrogen-bond donors (Lipinski definition) is 2. The molecular weight excluding hydrogens is 357 g/mol. The maximum atomic E-state index is 12.1. The molecule has 0 bridgehead atoms. The number of nitrogens with one attached hydrogen (secondary N) is 1. The van der Waals surface area contributed by atoms with Crippen molar-refractivity contribution in [3.63, 3.8) is 0 Å². The third-order valence-corrected chi connectivity index (χ3v) is 3.55. The Morgan fingerprint density at radius 2 is 2.08 bits per heavy atom. The number of aliphatic carboxylic acids is 1. The second-order valence-corrected chi connectivity index (χ2v) is 5.72. The van der Waals surface area contributed by atoms with Crippen molar-refractivity contribution in [1.82, 2.24) is 15.1 Å². The fourth-order valence-electron chi connectivity index (χ4n) is 1.97. The van der Waals surface area contributed by atoms with Gasteiger partial charge in [0.05, 0.1) is 17.3 Å². The number of amides is 1. The molecule has 0 aliphatic heterocycles. The molecule has 1 heterocycles. The molecule has 2 aromatic rings. The third kappa shape index (κ3) is 4.70. The topological polar surface area (TPSA) is 93.4 Å². The Bertz CT molecular complexity index is 761. The molecule has 0 radical (unpaired) electrons. The molecule has 128 valence electrons. The van der Waals surface area contributed by atoms with Gasteiger partial charge in [0.15, 0.2) is 5.69 Å². The maximum absolute atomic E-state index is 12.1. The van der Waals surface area contributed by atoms with Gasteiger partial charge >= 0.3 is 5.97 Å². The number of halogens is 2. The molecule has 0 saturated carbocycles. The van der Waals surface area contributed by atoms with Crippen molar-refractivity contribution in [3.8, 4) is 5.69 Å². The number of hydrogen-bond acceptors (Lipinski definition) is 4. The average molecular weight is 372 g/mol. The molecule has 1 amide bonds. The Balaban J connectivity index is 2.02. The number of nitrogens with zero attached hydrogens (tertiary/aromatic N) is 2. The summed E-state index contributed by atoms with van der Waals surface area (Å²) in [5, 5.41) is 16.2. The monoisotopic (exact) mass is 371 g/mol. The molecule has 0 unspecified atom stereocenters. The van der Waals surface area contributed by atoms with E-state index in [4.69, 9.17) is 33.0 Å². The lowest BCUT2D eigenvalue weighted by atomic mass is 10.3. The van der Waals surface area contributed by atoms with Crippen molar-refractivity contribution in [1.29, 1.82) is 0 Å². The van der Waals surface area contributed by atoms with Crippen LogP contribution in [0.1, 0.15) is 16.2 Å². The van der Waals surface area contributed by atoms with Crippen molar-refractivity contribution >= 4 is 35.1 Å². The molecule has 1 aromatic carbocycles. The average Bonchev–Trinajstić information content (AvgIpc) is 2.88. The van der Waals surface area contributed by atoms with Crippen LogP contribution in [0.25, 0.3) is 5.69 Å². The molecule has 7 nitrogen and oxygen atoms in total. The molecule has 0 atom stereocenters. The van der Waals surface area contributed by atoms with Gasteiger partial charge in [-0.25, -0.2) is 9.48 Å². The molecule has 9 heteroatoms. The van der Waals surface area contributed by atoms with E-state index in [-0.39, 0.29) is 24.8 Å². The Morgan fingerprint density at radius 1 is 1.33 bits per heavy atom. The van der Waals surface area contributed by atoms with Crippen LogP contribution in [-0.4, -0.2) is 46.5 Å². The molecule has 2 rings (SSSR count). The second-order valence-electron chi connectivity index (χ2n) is 4.88. The Kier molecular flexibility index (Phi) is 6.19. The second kappa shape index (κ2) is 8.14. The number of carboxylic acids is 1. The molecule has 24 heavy (non-hydrogen) atoms. The highest BCUT2D eigenvalue weighted by Crippen LogP contribution is 2.25. The molecule has 1 aromatic heterocycles. The predicted octanol–water partition coefficient (Wildman–Crippen LogP) is 2.32. The first kappa shape index (κ1) is 18.3. The van der Waals surface area contributed by atoms with Gasteiger partial charge in [0, 0.05) is 17.3 Å². The van der Waals surface area contributed by atoms with Crippen molar-refractivity contribution in [2.75, 3.05) is 19.8 Å². The van der Waals surface area contributed by atoms with Gasteiger partial charge in [-0.05, 0) is 31.2 Å². The van der Waals surface area contributed by atoms with Crippen molar-refractivity contribution in [2.24, 2.45) is 0 Å². The third-order valence-electron chi connectivity index (χ3n) is 3.02.